The van der Waals surface area contributed by atoms with Crippen LogP contribution in [0.1, 0.15) is 52.7 Å². The van der Waals surface area contributed by atoms with Crippen LogP contribution in [0.2, 0.25) is 0 Å². The molecule has 1 saturated heterocycles. The summed E-state index contributed by atoms with van der Waals surface area (Å²) in [5.74, 6) is 0.0561. The highest BCUT2D eigenvalue weighted by Gasteiger charge is 2.46. The highest BCUT2D eigenvalue weighted by molar-refractivity contribution is 5.97. The topological polar surface area (TPSA) is 32.3 Å². The summed E-state index contributed by atoms with van der Waals surface area (Å²) >= 11 is 0. The van der Waals surface area contributed by atoms with Crippen LogP contribution in [0.15, 0.2) is 60.7 Å². The van der Waals surface area contributed by atoms with Crippen molar-refractivity contribution in [2.24, 2.45) is 0 Å². The molecule has 1 saturated carbocycles. The number of nitrogens with one attached hydrogen (secondary N) is 1. The monoisotopic (exact) mass is 398 g/mol. The van der Waals surface area contributed by atoms with Crippen LogP contribution in [-0.2, 0) is 12.0 Å². The van der Waals surface area contributed by atoms with E-state index in [1.54, 1.807) is 0 Å². The summed E-state index contributed by atoms with van der Waals surface area (Å²) < 4.78 is 0. The molecule has 1 N–H and O–H groups in total. The maximum absolute atomic E-state index is 13.3. The smallest absolute Gasteiger partial charge is 0.252 e. The number of carbonyl (C=O) groups is 1. The third-order valence-corrected chi connectivity index (χ3v) is 7.16. The molecule has 30 heavy (non-hydrogen) atoms. The Labute approximate surface area is 179 Å². The Balaban J connectivity index is 1.36. The van der Waals surface area contributed by atoms with Crippen molar-refractivity contribution in [1.29, 1.82) is 0 Å². The number of nitrogens with zero attached hydrogens (tertiary/aromatic N) is 1. The van der Waals surface area contributed by atoms with Gasteiger partial charge in [-0.3, -0.25) is 4.79 Å². The summed E-state index contributed by atoms with van der Waals surface area (Å²) in [5, 5.41) is 5.88. The van der Waals surface area contributed by atoms with Crippen molar-refractivity contribution in [2.45, 2.75) is 50.6 Å². The van der Waals surface area contributed by atoms with Gasteiger partial charge in [0, 0.05) is 11.6 Å². The molecule has 154 valence electrons. The largest absolute Gasteiger partial charge is 0.342 e. The number of likely N-dealkylation sites (tertiary alicyclic amines) is 1. The second kappa shape index (κ2) is 7.55. The average Bonchev–Trinajstić information content (AvgIpc) is 3.53. The van der Waals surface area contributed by atoms with Gasteiger partial charge in [0.1, 0.15) is 0 Å². The number of hydrogen-bond acceptors (Lipinski definition) is 2. The fourth-order valence-electron chi connectivity index (χ4n) is 4.85. The maximum Gasteiger partial charge on any atom is 0.252 e. The zero-order valence-electron chi connectivity index (χ0n) is 17.9. The van der Waals surface area contributed by atoms with E-state index in [9.17, 15) is 4.79 Å². The van der Waals surface area contributed by atoms with E-state index in [0.29, 0.717) is 6.04 Å². The molecule has 3 aromatic rings. The molecule has 3 nitrogen and oxygen atoms in total. The van der Waals surface area contributed by atoms with E-state index >= 15 is 0 Å². The zero-order chi connectivity index (χ0) is 20.7. The Bertz CT molecular complexity index is 1090. The third-order valence-electron chi connectivity index (χ3n) is 7.16. The molecule has 0 aromatic heterocycles. The van der Waals surface area contributed by atoms with Crippen LogP contribution in [0.4, 0.5) is 0 Å². The molecular formula is C27H30N2O. The van der Waals surface area contributed by atoms with Crippen LogP contribution in [0.3, 0.4) is 0 Å². The maximum atomic E-state index is 13.3. The molecule has 1 aliphatic carbocycles. The molecule has 2 aliphatic rings. The van der Waals surface area contributed by atoms with Crippen LogP contribution >= 0.6 is 0 Å². The van der Waals surface area contributed by atoms with Crippen molar-refractivity contribution in [2.75, 3.05) is 13.6 Å². The van der Waals surface area contributed by atoms with Crippen molar-refractivity contribution in [3.63, 3.8) is 0 Å². The lowest BCUT2D eigenvalue weighted by Gasteiger charge is -2.38. The molecule has 0 radical (unpaired) electrons. The summed E-state index contributed by atoms with van der Waals surface area (Å²) in [5.41, 5.74) is 4.15. The van der Waals surface area contributed by atoms with E-state index in [-0.39, 0.29) is 11.4 Å². The van der Waals surface area contributed by atoms with Gasteiger partial charge in [0.05, 0.1) is 5.54 Å². The Morgan fingerprint density at radius 3 is 2.63 bits per heavy atom. The van der Waals surface area contributed by atoms with Gasteiger partial charge in [-0.15, -0.1) is 0 Å². The lowest BCUT2D eigenvalue weighted by atomic mass is 9.94. The minimum atomic E-state index is -0.227. The van der Waals surface area contributed by atoms with E-state index in [1.165, 1.54) is 41.3 Å². The van der Waals surface area contributed by atoms with Gasteiger partial charge in [0.15, 0.2) is 0 Å². The SMILES string of the molecule is Cc1ccc(CCC2CCN2C)cc1C(=O)NC1(c2cccc3ccccc23)CC1. The zero-order valence-corrected chi connectivity index (χ0v) is 17.9. The van der Waals surface area contributed by atoms with Crippen molar-refractivity contribution in [1.82, 2.24) is 10.2 Å². The van der Waals surface area contributed by atoms with Gasteiger partial charge in [-0.25, -0.2) is 0 Å². The minimum Gasteiger partial charge on any atom is -0.342 e. The first-order valence-corrected chi connectivity index (χ1v) is 11.2. The van der Waals surface area contributed by atoms with Gasteiger partial charge in [-0.1, -0.05) is 54.6 Å². The standard InChI is InChI=1S/C27H30N2O/c1-19-10-11-20(12-13-22-14-17-29(22)2)18-24(19)26(30)28-27(15-16-27)25-9-5-7-21-6-3-4-8-23(21)25/h3-11,18,22H,12-17H2,1-2H3,(H,28,30). The van der Waals surface area contributed by atoms with Gasteiger partial charge in [0.25, 0.3) is 5.91 Å². The van der Waals surface area contributed by atoms with Crippen LogP contribution < -0.4 is 5.32 Å². The molecule has 1 heterocycles. The fraction of sp³-hybridized carbons (Fsp3) is 0.370. The fourth-order valence-corrected chi connectivity index (χ4v) is 4.85. The van der Waals surface area contributed by atoms with Gasteiger partial charge in [-0.05, 0) is 86.1 Å². The average molecular weight is 399 g/mol. The van der Waals surface area contributed by atoms with Crippen molar-refractivity contribution < 1.29 is 4.79 Å². The molecule has 1 aliphatic heterocycles. The van der Waals surface area contributed by atoms with Gasteiger partial charge >= 0.3 is 0 Å². The number of aryl methyl sites for hydroxylation is 2. The van der Waals surface area contributed by atoms with Crippen LogP contribution in [0.5, 0.6) is 0 Å². The number of fused-ring (bicyclic) bond motifs is 1. The number of hydrogen-bond donors (Lipinski definition) is 1. The number of carbonyl (C=O) groups excluding carboxylic acids is 1. The molecular weight excluding hydrogens is 368 g/mol. The Kier molecular flexibility index (Phi) is 4.86. The van der Waals surface area contributed by atoms with Crippen LogP contribution in [0.25, 0.3) is 10.8 Å². The van der Waals surface area contributed by atoms with Crippen molar-refractivity contribution >= 4 is 16.7 Å². The molecule has 2 fully saturated rings. The minimum absolute atomic E-state index is 0.0561. The second-order valence-electron chi connectivity index (χ2n) is 9.17. The van der Waals surface area contributed by atoms with Gasteiger partial charge < -0.3 is 10.2 Å². The first-order chi connectivity index (χ1) is 14.6. The van der Waals surface area contributed by atoms with Crippen molar-refractivity contribution in [3.8, 4) is 0 Å². The molecule has 1 atom stereocenters. The number of rotatable bonds is 6. The van der Waals surface area contributed by atoms with Crippen LogP contribution in [0, 0.1) is 6.92 Å². The molecule has 0 spiro atoms. The summed E-state index contributed by atoms with van der Waals surface area (Å²) in [6.45, 7) is 3.25. The molecule has 5 rings (SSSR count). The Hall–Kier alpha value is -2.65. The normalized spacial score (nSPS) is 20.0. The lowest BCUT2D eigenvalue weighted by molar-refractivity contribution is 0.0930. The predicted octanol–water partition coefficient (Wildman–Crippen LogP) is 5.20. The molecule has 0 bridgehead atoms. The predicted molar refractivity (Wildman–Crippen MR) is 123 cm³/mol. The van der Waals surface area contributed by atoms with E-state index in [1.807, 2.05) is 6.92 Å². The van der Waals surface area contributed by atoms with Gasteiger partial charge in [0.2, 0.25) is 0 Å². The molecule has 3 heteroatoms. The van der Waals surface area contributed by atoms with Gasteiger partial charge in [-0.2, -0.15) is 0 Å². The summed E-state index contributed by atoms with van der Waals surface area (Å²) in [4.78, 5) is 15.7. The van der Waals surface area contributed by atoms with E-state index < -0.39 is 0 Å². The van der Waals surface area contributed by atoms with Crippen LogP contribution in [-0.4, -0.2) is 30.4 Å². The molecule has 1 amide bonds. The third kappa shape index (κ3) is 3.52. The first-order valence-electron chi connectivity index (χ1n) is 11.2. The van der Waals surface area contributed by atoms with E-state index in [2.05, 4.69) is 77.9 Å². The Morgan fingerprint density at radius 2 is 1.90 bits per heavy atom. The van der Waals surface area contributed by atoms with E-state index in [4.69, 9.17) is 0 Å². The first kappa shape index (κ1) is 19.3. The highest BCUT2D eigenvalue weighted by Crippen LogP contribution is 2.48. The molecule has 1 unspecified atom stereocenters. The number of amides is 1. The lowest BCUT2D eigenvalue weighted by Crippen LogP contribution is -2.44. The highest BCUT2D eigenvalue weighted by atomic mass is 16.1. The van der Waals surface area contributed by atoms with Crippen molar-refractivity contribution in [3.05, 3.63) is 82.9 Å². The number of benzene rings is 3. The Morgan fingerprint density at radius 1 is 1.10 bits per heavy atom. The molecule has 3 aromatic carbocycles. The quantitative estimate of drug-likeness (QED) is 0.619. The summed E-state index contributed by atoms with van der Waals surface area (Å²) in [6.07, 6.45) is 5.49. The second-order valence-corrected chi connectivity index (χ2v) is 9.17. The van der Waals surface area contributed by atoms with E-state index in [0.717, 1.165) is 30.4 Å². The summed E-state index contributed by atoms with van der Waals surface area (Å²) in [6, 6.07) is 22.0. The summed E-state index contributed by atoms with van der Waals surface area (Å²) in [7, 11) is 2.20.